The number of nitrogens with zero attached hydrogens (tertiary/aromatic N) is 2. The van der Waals surface area contributed by atoms with Crippen molar-refractivity contribution in [2.75, 3.05) is 5.73 Å². The molecule has 0 aliphatic carbocycles. The Balaban J connectivity index is 3.13. The largest absolute Gasteiger partial charge is 0.459 e. The third-order valence-corrected chi connectivity index (χ3v) is 2.50. The van der Waals surface area contributed by atoms with Crippen LogP contribution in [0.3, 0.4) is 0 Å². The van der Waals surface area contributed by atoms with Crippen LogP contribution in [0.5, 0.6) is 0 Å². The van der Waals surface area contributed by atoms with Crippen LogP contribution in [-0.2, 0) is 23.9 Å². The van der Waals surface area contributed by atoms with Crippen molar-refractivity contribution in [3.8, 4) is 0 Å². The third-order valence-electron chi connectivity index (χ3n) is 2.50. The number of anilines is 1. The quantitative estimate of drug-likeness (QED) is 0.577. The molecule has 1 aromatic rings. The molecule has 0 bridgehead atoms. The average molecular weight is 369 g/mol. The number of hydrogen-bond acceptors (Lipinski definition) is 9. The third kappa shape index (κ3) is 6.54. The van der Waals surface area contributed by atoms with E-state index in [1.807, 2.05) is 0 Å². The van der Waals surface area contributed by atoms with E-state index in [-0.39, 0.29) is 5.82 Å². The first-order valence-electron chi connectivity index (χ1n) is 7.73. The van der Waals surface area contributed by atoms with Crippen LogP contribution in [0.15, 0.2) is 17.1 Å². The zero-order chi connectivity index (χ0) is 20.3. The van der Waals surface area contributed by atoms with Crippen molar-refractivity contribution in [2.45, 2.75) is 52.7 Å². The van der Waals surface area contributed by atoms with Gasteiger partial charge in [0, 0.05) is 6.07 Å². The van der Waals surface area contributed by atoms with Gasteiger partial charge in [0.2, 0.25) is 0 Å². The molecule has 0 aliphatic heterocycles. The van der Waals surface area contributed by atoms with Gasteiger partial charge in [0.05, 0.1) is 6.20 Å². The molecule has 0 fully saturated rings. The Morgan fingerprint density at radius 2 is 1.46 bits per heavy atom. The highest BCUT2D eigenvalue weighted by atomic mass is 16.7. The molecule has 144 valence electrons. The van der Waals surface area contributed by atoms with Crippen molar-refractivity contribution in [1.82, 2.24) is 9.71 Å². The predicted molar refractivity (Wildman–Crippen MR) is 89.7 cm³/mol. The molecule has 1 rings (SSSR count). The smallest absolute Gasteiger partial charge is 0.382 e. The average Bonchev–Trinajstić information content (AvgIpc) is 2.37. The molecule has 0 unspecified atom stereocenters. The number of nitrogen functional groups attached to an aromatic ring is 1. The van der Waals surface area contributed by atoms with Gasteiger partial charge in [-0.1, -0.05) is 0 Å². The van der Waals surface area contributed by atoms with Crippen LogP contribution in [0.4, 0.5) is 5.82 Å². The van der Waals surface area contributed by atoms with Gasteiger partial charge >= 0.3 is 23.6 Å². The van der Waals surface area contributed by atoms with Crippen LogP contribution in [0.25, 0.3) is 0 Å². The summed E-state index contributed by atoms with van der Waals surface area (Å²) in [5, 5.41) is 0. The van der Waals surface area contributed by atoms with Crippen LogP contribution < -0.4 is 16.3 Å². The van der Waals surface area contributed by atoms with E-state index in [1.165, 1.54) is 6.07 Å². The Bertz CT molecular complexity index is 728. The summed E-state index contributed by atoms with van der Waals surface area (Å²) in [5.74, 6) is -5.78. The molecule has 0 aromatic carbocycles. The zero-order valence-corrected chi connectivity index (χ0v) is 15.6. The monoisotopic (exact) mass is 369 g/mol. The minimum absolute atomic E-state index is 0.0851. The zero-order valence-electron chi connectivity index (χ0n) is 15.6. The molecule has 26 heavy (non-hydrogen) atoms. The van der Waals surface area contributed by atoms with Crippen molar-refractivity contribution in [1.29, 1.82) is 0 Å². The van der Waals surface area contributed by atoms with E-state index < -0.39 is 40.7 Å². The molecule has 2 N–H and O–H groups in total. The maximum atomic E-state index is 12.4. The van der Waals surface area contributed by atoms with E-state index in [0.29, 0.717) is 4.73 Å². The molecule has 10 heteroatoms. The molecule has 1 aromatic heterocycles. The number of carbonyl (C=O) groups is 3. The maximum absolute atomic E-state index is 12.4. The second-order valence-corrected chi connectivity index (χ2v) is 7.37. The lowest BCUT2D eigenvalue weighted by molar-refractivity contribution is -0.181. The van der Waals surface area contributed by atoms with Gasteiger partial charge in [-0.2, -0.15) is 4.98 Å². The number of carbonyl (C=O) groups excluding carboxylic acids is 3. The number of ether oxygens (including phenoxy) is 2. The van der Waals surface area contributed by atoms with E-state index in [0.717, 1.165) is 6.20 Å². The van der Waals surface area contributed by atoms with Crippen molar-refractivity contribution >= 4 is 23.7 Å². The summed E-state index contributed by atoms with van der Waals surface area (Å²) in [4.78, 5) is 56.8. The molecule has 0 atom stereocenters. The SMILES string of the molecule is CC(C)(C)OC(=O)C(C(=O)On1ccc(N)nc1=O)C(=O)OC(C)(C)C. The standard InChI is InChI=1S/C16H23N3O7/c1-15(2,3)24-11(20)10(12(21)25-16(4,5)6)13(22)26-19-8-7-9(17)18-14(19)23/h7-8,10H,1-6H3,(H2,17,18,23). The van der Waals surface area contributed by atoms with Gasteiger partial charge in [0.25, 0.3) is 5.92 Å². The normalized spacial score (nSPS) is 11.8. The summed E-state index contributed by atoms with van der Waals surface area (Å²) in [6.45, 7) is 9.40. The topological polar surface area (TPSA) is 140 Å². The molecule has 10 nitrogen and oxygen atoms in total. The molecule has 0 saturated carbocycles. The number of nitrogens with two attached hydrogens (primary N) is 1. The molecular formula is C16H23N3O7. The number of rotatable bonds is 4. The summed E-state index contributed by atoms with van der Waals surface area (Å²) in [6, 6.07) is 1.20. The first-order valence-corrected chi connectivity index (χ1v) is 7.73. The van der Waals surface area contributed by atoms with Crippen molar-refractivity contribution in [2.24, 2.45) is 5.92 Å². The molecule has 1 heterocycles. The summed E-state index contributed by atoms with van der Waals surface area (Å²) < 4.78 is 10.6. The Hall–Kier alpha value is -2.91. The van der Waals surface area contributed by atoms with Crippen LogP contribution >= 0.6 is 0 Å². The summed E-state index contributed by atoms with van der Waals surface area (Å²) >= 11 is 0. The Labute approximate surface area is 150 Å². The predicted octanol–water partition coefficient (Wildman–Crippen LogP) is 0.0803. The van der Waals surface area contributed by atoms with Crippen molar-refractivity contribution < 1.29 is 28.7 Å². The fraction of sp³-hybridized carbons (Fsp3) is 0.562. The molecule has 0 spiro atoms. The fourth-order valence-electron chi connectivity index (χ4n) is 1.63. The molecule has 0 saturated heterocycles. The summed E-state index contributed by atoms with van der Waals surface area (Å²) in [6.07, 6.45) is 1.03. The highest BCUT2D eigenvalue weighted by Crippen LogP contribution is 2.17. The summed E-state index contributed by atoms with van der Waals surface area (Å²) in [7, 11) is 0. The minimum Gasteiger partial charge on any atom is -0.459 e. The van der Waals surface area contributed by atoms with E-state index in [9.17, 15) is 19.2 Å². The highest BCUT2D eigenvalue weighted by molar-refractivity contribution is 6.12. The molecule has 0 aliphatic rings. The van der Waals surface area contributed by atoms with Gasteiger partial charge in [0.15, 0.2) is 0 Å². The van der Waals surface area contributed by atoms with E-state index >= 15 is 0 Å². The second-order valence-electron chi connectivity index (χ2n) is 7.37. The molecule has 0 amide bonds. The van der Waals surface area contributed by atoms with E-state index in [4.69, 9.17) is 20.0 Å². The van der Waals surface area contributed by atoms with Gasteiger partial charge < -0.3 is 20.0 Å². The van der Waals surface area contributed by atoms with Gasteiger partial charge in [-0.15, -0.1) is 4.73 Å². The Kier molecular flexibility index (Phi) is 6.13. The number of hydrogen-bond donors (Lipinski definition) is 1. The van der Waals surface area contributed by atoms with Gasteiger partial charge in [-0.05, 0) is 41.5 Å². The van der Waals surface area contributed by atoms with Crippen LogP contribution in [0, 0.1) is 5.92 Å². The lowest BCUT2D eigenvalue weighted by atomic mass is 10.1. The Morgan fingerprint density at radius 1 is 1.00 bits per heavy atom. The van der Waals surface area contributed by atoms with Crippen molar-refractivity contribution in [3.63, 3.8) is 0 Å². The summed E-state index contributed by atoms with van der Waals surface area (Å²) in [5.41, 5.74) is 2.42. The lowest BCUT2D eigenvalue weighted by Crippen LogP contribution is -2.45. The van der Waals surface area contributed by atoms with Gasteiger partial charge in [-0.25, -0.2) is 9.59 Å². The lowest BCUT2D eigenvalue weighted by Gasteiger charge is -2.25. The fourth-order valence-corrected chi connectivity index (χ4v) is 1.63. The molecule has 0 radical (unpaired) electrons. The first kappa shape index (κ1) is 21.1. The van der Waals surface area contributed by atoms with Gasteiger partial charge in [-0.3, -0.25) is 9.59 Å². The number of esters is 2. The first-order chi connectivity index (χ1) is 11.7. The molecular weight excluding hydrogens is 346 g/mol. The van der Waals surface area contributed by atoms with Gasteiger partial charge in [0.1, 0.15) is 17.0 Å². The maximum Gasteiger partial charge on any atom is 0.382 e. The van der Waals surface area contributed by atoms with E-state index in [1.54, 1.807) is 41.5 Å². The van der Waals surface area contributed by atoms with Crippen LogP contribution in [0.1, 0.15) is 41.5 Å². The Morgan fingerprint density at radius 3 is 1.85 bits per heavy atom. The number of aromatic nitrogens is 2. The highest BCUT2D eigenvalue weighted by Gasteiger charge is 2.42. The van der Waals surface area contributed by atoms with Crippen molar-refractivity contribution in [3.05, 3.63) is 22.7 Å². The van der Waals surface area contributed by atoms with E-state index in [2.05, 4.69) is 4.98 Å². The second kappa shape index (κ2) is 7.54. The minimum atomic E-state index is -2.03. The van der Waals surface area contributed by atoms with Crippen LogP contribution in [0.2, 0.25) is 0 Å². The van der Waals surface area contributed by atoms with Crippen LogP contribution in [-0.4, -0.2) is 38.8 Å².